The van der Waals surface area contributed by atoms with E-state index >= 15 is 0 Å². The van der Waals surface area contributed by atoms with Crippen molar-refractivity contribution in [1.82, 2.24) is 0 Å². The number of aliphatic imine (C=N–C) groups is 1. The van der Waals surface area contributed by atoms with Crippen LogP contribution in [0.25, 0.3) is 11.3 Å². The molecule has 0 aliphatic heterocycles. The Labute approximate surface area is 137 Å². The normalized spacial score (nSPS) is 11.2. The molecule has 0 atom stereocenters. The zero-order chi connectivity index (χ0) is 15.5. The number of halogens is 2. The molecule has 1 heterocycles. The molecule has 0 unspecified atom stereocenters. The summed E-state index contributed by atoms with van der Waals surface area (Å²) < 4.78 is 5.69. The van der Waals surface area contributed by atoms with Crippen LogP contribution in [0.2, 0.25) is 10.0 Å². The van der Waals surface area contributed by atoms with Gasteiger partial charge in [-0.15, -0.1) is 0 Å². The minimum atomic E-state index is 0.0603. The van der Waals surface area contributed by atoms with Crippen LogP contribution < -0.4 is 0 Å². The summed E-state index contributed by atoms with van der Waals surface area (Å²) in [6.07, 6.45) is 1.53. The summed E-state index contributed by atoms with van der Waals surface area (Å²) in [6, 6.07) is 15.7. The van der Waals surface area contributed by atoms with Crippen LogP contribution >= 0.6 is 23.2 Å². The summed E-state index contributed by atoms with van der Waals surface area (Å²) in [5.74, 6) is 1.35. The molecule has 0 spiro atoms. The number of furan rings is 1. The van der Waals surface area contributed by atoms with Gasteiger partial charge in [-0.05, 0) is 54.6 Å². The second-order valence-electron chi connectivity index (χ2n) is 4.60. The van der Waals surface area contributed by atoms with Crippen molar-refractivity contribution >= 4 is 35.1 Å². The third kappa shape index (κ3) is 3.32. The first kappa shape index (κ1) is 14.7. The van der Waals surface area contributed by atoms with E-state index in [0.29, 0.717) is 27.3 Å². The van der Waals surface area contributed by atoms with Gasteiger partial charge in [0.05, 0.1) is 6.21 Å². The lowest BCUT2D eigenvalue weighted by Crippen LogP contribution is -1.76. The van der Waals surface area contributed by atoms with Gasteiger partial charge < -0.3 is 9.52 Å². The second-order valence-corrected chi connectivity index (χ2v) is 5.47. The predicted octanol–water partition coefficient (Wildman–Crippen LogP) is 5.71. The van der Waals surface area contributed by atoms with E-state index in [1.165, 1.54) is 12.3 Å². The molecule has 1 aromatic heterocycles. The molecule has 0 radical (unpaired) electrons. The zero-order valence-corrected chi connectivity index (χ0v) is 12.8. The Kier molecular flexibility index (Phi) is 4.18. The molecule has 3 nitrogen and oxygen atoms in total. The minimum Gasteiger partial charge on any atom is -0.506 e. The molecule has 0 fully saturated rings. The second kappa shape index (κ2) is 6.26. The Morgan fingerprint density at radius 2 is 1.64 bits per heavy atom. The van der Waals surface area contributed by atoms with Crippen LogP contribution in [-0.2, 0) is 0 Å². The van der Waals surface area contributed by atoms with E-state index in [-0.39, 0.29) is 5.75 Å². The molecular weight excluding hydrogens is 321 g/mol. The molecule has 0 saturated heterocycles. The van der Waals surface area contributed by atoms with Gasteiger partial charge in [-0.25, -0.2) is 4.99 Å². The highest BCUT2D eigenvalue weighted by Crippen LogP contribution is 2.29. The fraction of sp³-hybridized carbons (Fsp3) is 0. The van der Waals surface area contributed by atoms with Crippen LogP contribution in [0.15, 0.2) is 64.0 Å². The number of nitrogens with zero attached hydrogens (tertiary/aromatic N) is 1. The van der Waals surface area contributed by atoms with Crippen molar-refractivity contribution in [3.05, 3.63) is 70.4 Å². The monoisotopic (exact) mass is 331 g/mol. The maximum atomic E-state index is 9.71. The molecule has 110 valence electrons. The van der Waals surface area contributed by atoms with E-state index in [4.69, 9.17) is 27.6 Å². The molecular formula is C17H11Cl2NO2. The first-order valence-electron chi connectivity index (χ1n) is 6.50. The highest BCUT2D eigenvalue weighted by molar-refractivity contribution is 6.31. The SMILES string of the molecule is Oc1ccc(Cl)cc1N=Cc1ccc(-c2ccc(Cl)cc2)o1. The summed E-state index contributed by atoms with van der Waals surface area (Å²) >= 11 is 11.7. The van der Waals surface area contributed by atoms with Gasteiger partial charge in [0.2, 0.25) is 0 Å². The molecule has 2 aromatic carbocycles. The first-order chi connectivity index (χ1) is 10.6. The number of aromatic hydroxyl groups is 1. The van der Waals surface area contributed by atoms with Crippen LogP contribution in [0, 0.1) is 0 Å². The molecule has 22 heavy (non-hydrogen) atoms. The number of rotatable bonds is 3. The largest absolute Gasteiger partial charge is 0.506 e. The molecule has 3 rings (SSSR count). The molecule has 3 aromatic rings. The van der Waals surface area contributed by atoms with Crippen molar-refractivity contribution in [2.24, 2.45) is 4.99 Å². The molecule has 0 amide bonds. The van der Waals surface area contributed by atoms with E-state index in [0.717, 1.165) is 5.56 Å². The number of hydrogen-bond donors (Lipinski definition) is 1. The quantitative estimate of drug-likeness (QED) is 0.624. The number of hydrogen-bond acceptors (Lipinski definition) is 3. The third-order valence-corrected chi connectivity index (χ3v) is 3.51. The van der Waals surface area contributed by atoms with Crippen molar-refractivity contribution in [2.75, 3.05) is 0 Å². The van der Waals surface area contributed by atoms with E-state index in [2.05, 4.69) is 4.99 Å². The Hall–Kier alpha value is -2.23. The average Bonchev–Trinajstić information content (AvgIpc) is 2.98. The van der Waals surface area contributed by atoms with Crippen LogP contribution in [0.3, 0.4) is 0 Å². The van der Waals surface area contributed by atoms with E-state index in [9.17, 15) is 5.11 Å². The molecule has 0 saturated carbocycles. The average molecular weight is 332 g/mol. The van der Waals surface area contributed by atoms with E-state index < -0.39 is 0 Å². The van der Waals surface area contributed by atoms with Gasteiger partial charge in [-0.3, -0.25) is 0 Å². The summed E-state index contributed by atoms with van der Waals surface area (Å²) in [5.41, 5.74) is 1.31. The lowest BCUT2D eigenvalue weighted by molar-refractivity contribution is 0.477. The summed E-state index contributed by atoms with van der Waals surface area (Å²) in [6.45, 7) is 0. The Bertz CT molecular complexity index is 823. The van der Waals surface area contributed by atoms with Gasteiger partial charge in [0.25, 0.3) is 0 Å². The van der Waals surface area contributed by atoms with Gasteiger partial charge >= 0.3 is 0 Å². The summed E-state index contributed by atoms with van der Waals surface area (Å²) in [7, 11) is 0. The maximum absolute atomic E-state index is 9.71. The molecule has 5 heteroatoms. The fourth-order valence-corrected chi connectivity index (χ4v) is 2.22. The molecule has 0 aliphatic carbocycles. The van der Waals surface area contributed by atoms with E-state index in [1.54, 1.807) is 30.3 Å². The molecule has 0 aliphatic rings. The van der Waals surface area contributed by atoms with Crippen molar-refractivity contribution in [3.63, 3.8) is 0 Å². The first-order valence-corrected chi connectivity index (χ1v) is 7.26. The molecule has 1 N–H and O–H groups in total. The Balaban J connectivity index is 1.83. The predicted molar refractivity (Wildman–Crippen MR) is 89.5 cm³/mol. The standard InChI is InChI=1S/C17H11Cl2NO2/c18-12-3-1-11(2-4-12)17-8-6-14(22-17)10-20-15-9-13(19)5-7-16(15)21/h1-10,21H. The summed E-state index contributed by atoms with van der Waals surface area (Å²) in [5, 5.41) is 10.9. The third-order valence-electron chi connectivity index (χ3n) is 3.02. The molecule has 0 bridgehead atoms. The van der Waals surface area contributed by atoms with Crippen molar-refractivity contribution in [2.45, 2.75) is 0 Å². The van der Waals surface area contributed by atoms with Crippen LogP contribution in [0.5, 0.6) is 5.75 Å². The van der Waals surface area contributed by atoms with Crippen molar-refractivity contribution in [3.8, 4) is 17.1 Å². The lowest BCUT2D eigenvalue weighted by atomic mass is 10.2. The van der Waals surface area contributed by atoms with Crippen molar-refractivity contribution in [1.29, 1.82) is 0 Å². The van der Waals surface area contributed by atoms with Gasteiger partial charge in [-0.2, -0.15) is 0 Å². The van der Waals surface area contributed by atoms with Crippen LogP contribution in [0.4, 0.5) is 5.69 Å². The Morgan fingerprint density at radius 3 is 2.41 bits per heavy atom. The number of phenolic OH excluding ortho intramolecular Hbond substituents is 1. The van der Waals surface area contributed by atoms with Crippen LogP contribution in [0.1, 0.15) is 5.76 Å². The van der Waals surface area contributed by atoms with Gasteiger partial charge in [0.15, 0.2) is 0 Å². The number of benzene rings is 2. The number of phenols is 1. The van der Waals surface area contributed by atoms with Gasteiger partial charge in [-0.1, -0.05) is 23.2 Å². The fourth-order valence-electron chi connectivity index (χ4n) is 1.92. The zero-order valence-electron chi connectivity index (χ0n) is 11.3. The maximum Gasteiger partial charge on any atom is 0.145 e. The smallest absolute Gasteiger partial charge is 0.145 e. The van der Waals surface area contributed by atoms with Crippen LogP contribution in [-0.4, -0.2) is 11.3 Å². The van der Waals surface area contributed by atoms with E-state index in [1.807, 2.05) is 18.2 Å². The van der Waals surface area contributed by atoms with Gasteiger partial charge in [0, 0.05) is 15.6 Å². The lowest BCUT2D eigenvalue weighted by Gasteiger charge is -1.98. The summed E-state index contributed by atoms with van der Waals surface area (Å²) in [4.78, 5) is 4.18. The minimum absolute atomic E-state index is 0.0603. The highest BCUT2D eigenvalue weighted by atomic mass is 35.5. The highest BCUT2D eigenvalue weighted by Gasteiger charge is 2.04. The van der Waals surface area contributed by atoms with Crippen molar-refractivity contribution < 1.29 is 9.52 Å². The topological polar surface area (TPSA) is 45.7 Å². The van der Waals surface area contributed by atoms with Gasteiger partial charge in [0.1, 0.15) is 23.0 Å². The Morgan fingerprint density at radius 1 is 0.909 bits per heavy atom.